The van der Waals surface area contributed by atoms with E-state index in [1.54, 1.807) is 54.6 Å². The summed E-state index contributed by atoms with van der Waals surface area (Å²) >= 11 is 12.1. The zero-order valence-corrected chi connectivity index (χ0v) is 17.2. The lowest BCUT2D eigenvalue weighted by Crippen LogP contribution is -1.99. The van der Waals surface area contributed by atoms with Gasteiger partial charge in [0, 0.05) is 27.6 Å². The second-order valence-electron chi connectivity index (χ2n) is 6.99. The number of carboxylic acids is 1. The van der Waals surface area contributed by atoms with Crippen LogP contribution in [-0.4, -0.2) is 16.9 Å². The maximum atomic E-state index is 12.7. The van der Waals surface area contributed by atoms with Crippen molar-refractivity contribution in [1.82, 2.24) is 0 Å². The Hall–Kier alpha value is -3.08. The van der Waals surface area contributed by atoms with E-state index in [2.05, 4.69) is 0 Å². The third-order valence-corrected chi connectivity index (χ3v) is 5.26. The fraction of sp³-hybridized carbons (Fsp3) is 0.0833. The number of benzene rings is 3. The summed E-state index contributed by atoms with van der Waals surface area (Å²) in [5.41, 5.74) is 4.10. The molecule has 4 rings (SSSR count). The van der Waals surface area contributed by atoms with Gasteiger partial charge < -0.3 is 9.84 Å². The Bertz CT molecular complexity index is 1160. The summed E-state index contributed by atoms with van der Waals surface area (Å²) < 4.78 is 5.82. The van der Waals surface area contributed by atoms with Crippen LogP contribution < -0.4 is 4.74 Å². The van der Waals surface area contributed by atoms with E-state index in [9.17, 15) is 9.59 Å². The Kier molecular flexibility index (Phi) is 5.62. The molecule has 3 aromatic carbocycles. The molecule has 0 fully saturated rings. The average molecular weight is 439 g/mol. The zero-order valence-electron chi connectivity index (χ0n) is 15.7. The SMILES string of the molecule is O=C(O)c1ccc(COc2ccc3c(c2)CC(=Cc2cc(Cl)cc(Cl)c2)C3=O)cc1. The topological polar surface area (TPSA) is 63.6 Å². The molecule has 3 aromatic rings. The standard InChI is InChI=1S/C24H16Cl2O4/c25-19-8-15(9-20(26)12-19)7-18-10-17-11-21(5-6-22(17)23(18)27)30-13-14-1-3-16(4-2-14)24(28)29/h1-9,11-12H,10,13H2,(H,28,29). The molecule has 0 heterocycles. The second-order valence-corrected chi connectivity index (χ2v) is 7.86. The highest BCUT2D eigenvalue weighted by Crippen LogP contribution is 2.32. The van der Waals surface area contributed by atoms with Crippen LogP contribution in [0.15, 0.2) is 66.2 Å². The number of carbonyl (C=O) groups is 2. The number of hydrogen-bond acceptors (Lipinski definition) is 3. The van der Waals surface area contributed by atoms with Crippen molar-refractivity contribution in [3.05, 3.63) is 104 Å². The van der Waals surface area contributed by atoms with Gasteiger partial charge in [0.1, 0.15) is 12.4 Å². The number of hydrogen-bond donors (Lipinski definition) is 1. The first-order valence-electron chi connectivity index (χ1n) is 9.18. The summed E-state index contributed by atoms with van der Waals surface area (Å²) in [6.45, 7) is 0.302. The number of ether oxygens (including phenoxy) is 1. The molecular weight excluding hydrogens is 423 g/mol. The fourth-order valence-corrected chi connectivity index (χ4v) is 3.92. The molecule has 1 aliphatic carbocycles. The number of rotatable bonds is 5. The molecule has 0 bridgehead atoms. The molecule has 0 atom stereocenters. The van der Waals surface area contributed by atoms with E-state index >= 15 is 0 Å². The highest BCUT2D eigenvalue weighted by Gasteiger charge is 2.25. The Balaban J connectivity index is 1.49. The molecule has 1 aliphatic rings. The lowest BCUT2D eigenvalue weighted by atomic mass is 10.1. The Morgan fingerprint density at radius 2 is 1.70 bits per heavy atom. The molecule has 0 aliphatic heterocycles. The largest absolute Gasteiger partial charge is 0.489 e. The van der Waals surface area contributed by atoms with Crippen molar-refractivity contribution in [2.24, 2.45) is 0 Å². The van der Waals surface area contributed by atoms with Gasteiger partial charge in [-0.25, -0.2) is 4.79 Å². The minimum atomic E-state index is -0.963. The molecule has 0 radical (unpaired) electrons. The van der Waals surface area contributed by atoms with Crippen LogP contribution in [0, 0.1) is 0 Å². The summed E-state index contributed by atoms with van der Waals surface area (Å²) in [5, 5.41) is 10.00. The maximum absolute atomic E-state index is 12.7. The van der Waals surface area contributed by atoms with Crippen LogP contribution in [0.25, 0.3) is 6.08 Å². The number of ketones is 1. The van der Waals surface area contributed by atoms with Gasteiger partial charge in [-0.05, 0) is 71.3 Å². The van der Waals surface area contributed by atoms with Crippen molar-refractivity contribution in [2.45, 2.75) is 13.0 Å². The normalized spacial score (nSPS) is 14.1. The molecule has 150 valence electrons. The van der Waals surface area contributed by atoms with Gasteiger partial charge in [0.15, 0.2) is 5.78 Å². The lowest BCUT2D eigenvalue weighted by molar-refractivity contribution is 0.0696. The van der Waals surface area contributed by atoms with Crippen molar-refractivity contribution >= 4 is 41.0 Å². The fourth-order valence-electron chi connectivity index (χ4n) is 3.37. The predicted octanol–water partition coefficient (Wildman–Crippen LogP) is 6.09. The van der Waals surface area contributed by atoms with Crippen LogP contribution in [0.3, 0.4) is 0 Å². The number of allylic oxidation sites excluding steroid dienone is 1. The van der Waals surface area contributed by atoms with Crippen LogP contribution in [0.5, 0.6) is 5.75 Å². The first-order valence-corrected chi connectivity index (χ1v) is 9.94. The van der Waals surface area contributed by atoms with Gasteiger partial charge in [0.2, 0.25) is 0 Å². The van der Waals surface area contributed by atoms with Gasteiger partial charge >= 0.3 is 5.97 Å². The number of aromatic carboxylic acids is 1. The Morgan fingerprint density at radius 1 is 1.00 bits per heavy atom. The number of carboxylic acid groups (broad SMARTS) is 1. The maximum Gasteiger partial charge on any atom is 0.335 e. The van der Waals surface area contributed by atoms with Crippen LogP contribution in [0.1, 0.15) is 37.4 Å². The van der Waals surface area contributed by atoms with Gasteiger partial charge in [0.25, 0.3) is 0 Å². The highest BCUT2D eigenvalue weighted by molar-refractivity contribution is 6.34. The molecular formula is C24H16Cl2O4. The minimum Gasteiger partial charge on any atom is -0.489 e. The van der Waals surface area contributed by atoms with Gasteiger partial charge in [0.05, 0.1) is 5.56 Å². The summed E-state index contributed by atoms with van der Waals surface area (Å²) in [6, 6.07) is 17.1. The van der Waals surface area contributed by atoms with Crippen molar-refractivity contribution in [3.8, 4) is 5.75 Å². The van der Waals surface area contributed by atoms with E-state index in [-0.39, 0.29) is 11.3 Å². The van der Waals surface area contributed by atoms with Crippen molar-refractivity contribution < 1.29 is 19.4 Å². The summed E-state index contributed by atoms with van der Waals surface area (Å²) in [4.78, 5) is 23.7. The summed E-state index contributed by atoms with van der Waals surface area (Å²) in [7, 11) is 0. The van der Waals surface area contributed by atoms with E-state index in [1.165, 1.54) is 0 Å². The van der Waals surface area contributed by atoms with Crippen LogP contribution in [0.2, 0.25) is 10.0 Å². The molecule has 0 amide bonds. The monoisotopic (exact) mass is 438 g/mol. The quantitative estimate of drug-likeness (QED) is 0.489. The number of carbonyl (C=O) groups excluding carboxylic acids is 1. The average Bonchev–Trinajstić information content (AvgIpc) is 3.00. The highest BCUT2D eigenvalue weighted by atomic mass is 35.5. The van der Waals surface area contributed by atoms with E-state index in [0.717, 1.165) is 16.7 Å². The molecule has 4 nitrogen and oxygen atoms in total. The van der Waals surface area contributed by atoms with Crippen LogP contribution >= 0.6 is 23.2 Å². The first-order chi connectivity index (χ1) is 14.4. The molecule has 6 heteroatoms. The van der Waals surface area contributed by atoms with Crippen molar-refractivity contribution in [2.75, 3.05) is 0 Å². The smallest absolute Gasteiger partial charge is 0.335 e. The molecule has 0 unspecified atom stereocenters. The van der Waals surface area contributed by atoms with Crippen molar-refractivity contribution in [3.63, 3.8) is 0 Å². The molecule has 0 saturated carbocycles. The van der Waals surface area contributed by atoms with Crippen LogP contribution in [-0.2, 0) is 13.0 Å². The molecule has 30 heavy (non-hydrogen) atoms. The van der Waals surface area contributed by atoms with E-state index < -0.39 is 5.97 Å². The third kappa shape index (κ3) is 4.40. The summed E-state index contributed by atoms with van der Waals surface area (Å²) in [5.74, 6) is -0.331. The zero-order chi connectivity index (χ0) is 21.3. The van der Waals surface area contributed by atoms with Crippen molar-refractivity contribution in [1.29, 1.82) is 0 Å². The van der Waals surface area contributed by atoms with E-state index in [0.29, 0.717) is 40.0 Å². The molecule has 0 aromatic heterocycles. The number of Topliss-reactive ketones (excluding diaryl/α,β-unsaturated/α-hetero) is 1. The van der Waals surface area contributed by atoms with E-state index in [1.807, 2.05) is 12.1 Å². The van der Waals surface area contributed by atoms with Gasteiger partial charge in [-0.1, -0.05) is 35.3 Å². The molecule has 1 N–H and O–H groups in total. The number of halogens is 2. The Morgan fingerprint density at radius 3 is 2.37 bits per heavy atom. The predicted molar refractivity (Wildman–Crippen MR) is 117 cm³/mol. The minimum absolute atomic E-state index is 0.0168. The lowest BCUT2D eigenvalue weighted by Gasteiger charge is -2.08. The van der Waals surface area contributed by atoms with Gasteiger partial charge in [-0.3, -0.25) is 4.79 Å². The number of fused-ring (bicyclic) bond motifs is 1. The van der Waals surface area contributed by atoms with Crippen LogP contribution in [0.4, 0.5) is 0 Å². The second kappa shape index (κ2) is 8.34. The third-order valence-electron chi connectivity index (χ3n) is 4.83. The Labute approximate surface area is 183 Å². The summed E-state index contributed by atoms with van der Waals surface area (Å²) in [6.07, 6.45) is 2.31. The van der Waals surface area contributed by atoms with Gasteiger partial charge in [-0.2, -0.15) is 0 Å². The molecule has 0 spiro atoms. The van der Waals surface area contributed by atoms with Gasteiger partial charge in [-0.15, -0.1) is 0 Å². The first kappa shape index (κ1) is 20.2. The van der Waals surface area contributed by atoms with E-state index in [4.69, 9.17) is 33.0 Å². The molecule has 0 saturated heterocycles.